The quantitative estimate of drug-likeness (QED) is 0.170. The van der Waals surface area contributed by atoms with Crippen LogP contribution in [0.5, 0.6) is 0 Å². The van der Waals surface area contributed by atoms with Gasteiger partial charge in [-0.2, -0.15) is 0 Å². The number of nitrogens with one attached hydrogen (secondary N) is 1. The minimum absolute atomic E-state index is 0.0323. The summed E-state index contributed by atoms with van der Waals surface area (Å²) in [6.07, 6.45) is -7.12. The van der Waals surface area contributed by atoms with Crippen molar-refractivity contribution >= 4 is 22.1 Å². The van der Waals surface area contributed by atoms with Crippen LogP contribution in [-0.2, 0) is 63.1 Å². The average Bonchev–Trinajstić information content (AvgIpc) is 3.09. The molecule has 11 nitrogen and oxygen atoms in total. The fraction of sp³-hybridized carbons (Fsp3) is 0.297. The molecular weight excluding hydrogens is 650 g/mol. The second-order valence-electron chi connectivity index (χ2n) is 11.5. The van der Waals surface area contributed by atoms with Crippen LogP contribution in [0.3, 0.4) is 0 Å². The Labute approximate surface area is 286 Å². The molecule has 0 aromatic heterocycles. The van der Waals surface area contributed by atoms with E-state index in [0.29, 0.717) is 0 Å². The van der Waals surface area contributed by atoms with E-state index in [2.05, 4.69) is 0 Å². The maximum absolute atomic E-state index is 13.1. The molecule has 0 radical (unpaired) electrons. The zero-order valence-electron chi connectivity index (χ0n) is 27.2. The summed E-state index contributed by atoms with van der Waals surface area (Å²) >= 11 is 0. The first-order valence-electron chi connectivity index (χ1n) is 15.7. The molecule has 5 atom stereocenters. The van der Waals surface area contributed by atoms with Crippen molar-refractivity contribution < 1.29 is 46.4 Å². The highest BCUT2D eigenvalue weighted by Crippen LogP contribution is 2.31. The third-order valence-corrected chi connectivity index (χ3v) is 8.96. The fourth-order valence-electron chi connectivity index (χ4n) is 5.23. The number of hydrogen-bond acceptors (Lipinski definition) is 10. The molecule has 0 bridgehead atoms. The molecule has 1 aliphatic heterocycles. The molecule has 4 aromatic carbocycles. The third kappa shape index (κ3) is 10.4. The maximum atomic E-state index is 13.1. The average molecular weight is 690 g/mol. The Morgan fingerprint density at radius 1 is 0.673 bits per heavy atom. The van der Waals surface area contributed by atoms with Crippen LogP contribution in [0, 0.1) is 6.92 Å². The highest BCUT2D eigenvalue weighted by atomic mass is 32.2. The third-order valence-electron chi connectivity index (χ3n) is 7.63. The fourth-order valence-corrected chi connectivity index (χ4v) is 6.11. The van der Waals surface area contributed by atoms with Crippen LogP contribution >= 0.6 is 0 Å². The molecule has 1 saturated heterocycles. The summed E-state index contributed by atoms with van der Waals surface area (Å²) in [6, 6.07) is 34.3. The molecule has 1 amide bonds. The van der Waals surface area contributed by atoms with E-state index in [1.807, 2.05) is 95.7 Å². The lowest BCUT2D eigenvalue weighted by molar-refractivity contribution is -0.307. The molecule has 5 rings (SSSR count). The van der Waals surface area contributed by atoms with Crippen LogP contribution in [0.1, 0.15) is 29.2 Å². The van der Waals surface area contributed by atoms with Gasteiger partial charge in [-0.1, -0.05) is 109 Å². The van der Waals surface area contributed by atoms with Gasteiger partial charge in [0.1, 0.15) is 18.3 Å². The number of hydrogen-bond donors (Lipinski definition) is 1. The van der Waals surface area contributed by atoms with Crippen molar-refractivity contribution in [2.24, 2.45) is 0 Å². The molecule has 1 fully saturated rings. The Hall–Kier alpha value is -4.59. The number of sulfonamides is 1. The van der Waals surface area contributed by atoms with Crippen LogP contribution in [0.2, 0.25) is 0 Å². The molecule has 0 unspecified atom stereocenters. The Balaban J connectivity index is 1.43. The first-order valence-corrected chi connectivity index (χ1v) is 17.2. The van der Waals surface area contributed by atoms with E-state index in [1.54, 1.807) is 19.1 Å². The molecule has 0 spiro atoms. The number of amides is 1. The highest BCUT2D eigenvalue weighted by Gasteiger charge is 2.51. The number of carbonyl (C=O) groups is 2. The van der Waals surface area contributed by atoms with E-state index in [0.717, 1.165) is 22.3 Å². The number of ether oxygens (including phenoxy) is 6. The lowest BCUT2D eigenvalue weighted by Crippen LogP contribution is -2.62. The number of aryl methyl sites for hydroxylation is 1. The molecule has 12 heteroatoms. The van der Waals surface area contributed by atoms with Crippen molar-refractivity contribution in [3.63, 3.8) is 0 Å². The first kappa shape index (κ1) is 35.7. The lowest BCUT2D eigenvalue weighted by atomic mass is 9.98. The molecule has 1 aliphatic rings. The van der Waals surface area contributed by atoms with E-state index < -0.39 is 52.8 Å². The smallest absolute Gasteiger partial charge is 0.423 e. The summed E-state index contributed by atoms with van der Waals surface area (Å²) in [5.74, 6) is -0.705. The first-order chi connectivity index (χ1) is 23.7. The minimum Gasteiger partial charge on any atom is -0.453 e. The predicted molar refractivity (Wildman–Crippen MR) is 178 cm³/mol. The Kier molecular flexibility index (Phi) is 12.5. The van der Waals surface area contributed by atoms with Gasteiger partial charge in [-0.15, -0.1) is 0 Å². The minimum atomic E-state index is -4.30. The zero-order valence-corrected chi connectivity index (χ0v) is 28.0. The van der Waals surface area contributed by atoms with Gasteiger partial charge in [0.15, 0.2) is 6.10 Å². The summed E-state index contributed by atoms with van der Waals surface area (Å²) in [6.45, 7) is 3.46. The molecule has 0 aliphatic carbocycles. The van der Waals surface area contributed by atoms with E-state index in [-0.39, 0.29) is 31.3 Å². The van der Waals surface area contributed by atoms with E-state index in [4.69, 9.17) is 28.4 Å². The maximum Gasteiger partial charge on any atom is 0.423 e. The number of carbonyl (C=O) groups excluding carboxylic acids is 2. The molecule has 258 valence electrons. The SMILES string of the molecule is CC(=O)O[C@H]1[C@H](OC(=O)NS(=O)(=O)c2ccc(C)cc2)O[C@H](COCc2ccccc2)[C@@H](OCc2ccccc2)[C@@H]1OCc1ccccc1. The Morgan fingerprint density at radius 2 is 1.18 bits per heavy atom. The molecule has 49 heavy (non-hydrogen) atoms. The molecule has 0 saturated carbocycles. The topological polar surface area (TPSA) is 136 Å². The normalized spacial score (nSPS) is 20.7. The van der Waals surface area contributed by atoms with Gasteiger partial charge in [0.2, 0.25) is 6.29 Å². The predicted octanol–water partition coefficient (Wildman–Crippen LogP) is 5.45. The van der Waals surface area contributed by atoms with E-state index in [1.165, 1.54) is 19.1 Å². The monoisotopic (exact) mass is 689 g/mol. The van der Waals surface area contributed by atoms with Crippen molar-refractivity contribution in [3.05, 3.63) is 138 Å². The largest absolute Gasteiger partial charge is 0.453 e. The Morgan fingerprint density at radius 3 is 1.71 bits per heavy atom. The molecular formula is C37H39NO10S. The van der Waals surface area contributed by atoms with Gasteiger partial charge in [-0.05, 0) is 35.7 Å². The van der Waals surface area contributed by atoms with Crippen molar-refractivity contribution in [1.29, 1.82) is 0 Å². The summed E-state index contributed by atoms with van der Waals surface area (Å²) in [5, 5.41) is 0. The van der Waals surface area contributed by atoms with Gasteiger partial charge in [-0.3, -0.25) is 4.79 Å². The summed E-state index contributed by atoms with van der Waals surface area (Å²) < 4.78 is 64.2. The molecule has 1 N–H and O–H groups in total. The van der Waals surface area contributed by atoms with E-state index >= 15 is 0 Å². The van der Waals surface area contributed by atoms with Crippen molar-refractivity contribution in [1.82, 2.24) is 4.72 Å². The highest BCUT2D eigenvalue weighted by molar-refractivity contribution is 7.90. The molecule has 4 aromatic rings. The lowest BCUT2D eigenvalue weighted by Gasteiger charge is -2.44. The van der Waals surface area contributed by atoms with Gasteiger partial charge >= 0.3 is 12.1 Å². The van der Waals surface area contributed by atoms with Gasteiger partial charge in [-0.25, -0.2) is 17.9 Å². The van der Waals surface area contributed by atoms with Crippen LogP contribution in [-0.4, -0.2) is 57.8 Å². The van der Waals surface area contributed by atoms with Crippen molar-refractivity contribution in [2.45, 2.75) is 69.3 Å². The van der Waals surface area contributed by atoms with Gasteiger partial charge < -0.3 is 28.4 Å². The van der Waals surface area contributed by atoms with Crippen LogP contribution in [0.4, 0.5) is 4.79 Å². The van der Waals surface area contributed by atoms with Gasteiger partial charge in [0.25, 0.3) is 10.0 Å². The van der Waals surface area contributed by atoms with Crippen molar-refractivity contribution in [3.8, 4) is 0 Å². The summed E-state index contributed by atoms with van der Waals surface area (Å²) in [4.78, 5) is 25.5. The number of benzene rings is 4. The standard InChI is InChI=1S/C37H39NO10S/c1-26-18-20-31(21-19-26)49(41,42)38-37(40)48-36-35(46-27(2)39)34(45-24-30-16-10-5-11-17-30)33(44-23-29-14-8-4-9-15-29)32(47-36)25-43-22-28-12-6-3-7-13-28/h3-21,32-36H,22-25H2,1-2H3,(H,38,40)/t32-,33-,34+,35-,36+/m1/s1. The second kappa shape index (κ2) is 17.2. The number of rotatable bonds is 14. The van der Waals surface area contributed by atoms with E-state index in [9.17, 15) is 18.0 Å². The summed E-state index contributed by atoms with van der Waals surface area (Å²) in [7, 11) is -4.30. The second-order valence-corrected chi connectivity index (χ2v) is 13.1. The summed E-state index contributed by atoms with van der Waals surface area (Å²) in [5.41, 5.74) is 3.46. The van der Waals surface area contributed by atoms with Crippen molar-refractivity contribution in [2.75, 3.05) is 6.61 Å². The number of esters is 1. The van der Waals surface area contributed by atoms with Crippen LogP contribution in [0.25, 0.3) is 0 Å². The van der Waals surface area contributed by atoms with Crippen LogP contribution in [0.15, 0.2) is 120 Å². The molecule has 1 heterocycles. The van der Waals surface area contributed by atoms with Crippen LogP contribution < -0.4 is 4.72 Å². The van der Waals surface area contributed by atoms with Gasteiger partial charge in [0.05, 0.1) is 31.3 Å². The van der Waals surface area contributed by atoms with Gasteiger partial charge in [0, 0.05) is 6.92 Å². The zero-order chi connectivity index (χ0) is 34.6. The Bertz CT molecular complexity index is 1740.